The van der Waals surface area contributed by atoms with Gasteiger partial charge in [-0.3, -0.25) is 19.4 Å². The monoisotopic (exact) mass is 735 g/mol. The second kappa shape index (κ2) is 15.7. The third-order valence-electron chi connectivity index (χ3n) is 15.0. The van der Waals surface area contributed by atoms with Gasteiger partial charge in [-0.1, -0.05) is 68.4 Å². The fourth-order valence-corrected chi connectivity index (χ4v) is 12.7. The lowest BCUT2D eigenvalue weighted by Gasteiger charge is -2.69. The molecule has 0 aliphatic heterocycles. The first kappa shape index (κ1) is 42.9. The number of esters is 1. The fourth-order valence-electron chi connectivity index (χ4n) is 12.7. The first-order chi connectivity index (χ1) is 24.4. The van der Waals surface area contributed by atoms with Crippen LogP contribution in [0.4, 0.5) is 0 Å². The van der Waals surface area contributed by atoms with E-state index in [-0.39, 0.29) is 59.4 Å². The van der Waals surface area contributed by atoms with Crippen molar-refractivity contribution in [3.8, 4) is 0 Å². The predicted octanol–water partition coefficient (Wildman–Crippen LogP) is 8.91. The average molecular weight is 735 g/mol. The molecule has 0 spiro atoms. The van der Waals surface area contributed by atoms with Crippen LogP contribution in [0, 0.1) is 56.7 Å². The van der Waals surface area contributed by atoms with Gasteiger partial charge in [0.25, 0.3) is 5.91 Å². The molecule has 4 fully saturated rings. The van der Waals surface area contributed by atoms with Crippen LogP contribution in [-0.2, 0) is 19.1 Å². The summed E-state index contributed by atoms with van der Waals surface area (Å²) >= 11 is 0. The molecule has 1 N–H and O–H groups in total. The van der Waals surface area contributed by atoms with Crippen molar-refractivity contribution in [1.82, 2.24) is 9.88 Å². The van der Waals surface area contributed by atoms with Crippen molar-refractivity contribution >= 4 is 23.9 Å². The number of rotatable bonds is 9. The van der Waals surface area contributed by atoms with Crippen LogP contribution >= 0.6 is 0 Å². The molecule has 8 atom stereocenters. The summed E-state index contributed by atoms with van der Waals surface area (Å²) in [6.45, 7) is 18.4. The second-order valence-corrected chi connectivity index (χ2v) is 19.2. The maximum Gasteiger partial charge on any atom is 0.307 e. The molecule has 5 aliphatic carbocycles. The number of aldehydes is 1. The second-order valence-electron chi connectivity index (χ2n) is 19.2. The number of Topliss-reactive ketones (excluding diaryl/α,β-unsaturated/α-hetero) is 1. The SMILES string of the molecule is C.CC(C)C1=C2C3CCC4C(C)(CCC5C(C)(C)C(OC(=O)CC(C)(C)C=O)CCC54C)C3CCC2(CCN(C)C(=O)c2cccnc2)CC1=O.CO. The van der Waals surface area contributed by atoms with Gasteiger partial charge >= 0.3 is 5.97 Å². The number of ketones is 1. The van der Waals surface area contributed by atoms with Crippen LogP contribution in [0.3, 0.4) is 0 Å². The molecule has 296 valence electrons. The molecule has 1 aromatic heterocycles. The quantitative estimate of drug-likeness (QED) is 0.199. The zero-order valence-corrected chi connectivity index (χ0v) is 33.7. The summed E-state index contributed by atoms with van der Waals surface area (Å²) < 4.78 is 6.20. The Kier molecular flexibility index (Phi) is 12.7. The Balaban J connectivity index is 0.00000206. The van der Waals surface area contributed by atoms with E-state index in [1.54, 1.807) is 32.3 Å². The van der Waals surface area contributed by atoms with Gasteiger partial charge in [0.05, 0.1) is 12.0 Å². The Morgan fingerprint density at radius 3 is 2.32 bits per heavy atom. The summed E-state index contributed by atoms with van der Waals surface area (Å²) in [4.78, 5) is 57.7. The van der Waals surface area contributed by atoms with Gasteiger partial charge in [-0.2, -0.15) is 0 Å². The normalized spacial score (nSPS) is 34.3. The minimum atomic E-state index is -0.713. The van der Waals surface area contributed by atoms with Crippen molar-refractivity contribution in [2.75, 3.05) is 20.7 Å². The summed E-state index contributed by atoms with van der Waals surface area (Å²) in [6.07, 6.45) is 14.2. The number of aliphatic hydroxyl groups excluding tert-OH is 1. The molecule has 6 rings (SSSR count). The van der Waals surface area contributed by atoms with Crippen LogP contribution in [0.2, 0.25) is 0 Å². The zero-order valence-electron chi connectivity index (χ0n) is 33.7. The summed E-state index contributed by atoms with van der Waals surface area (Å²) in [5.74, 6) is 2.25. The minimum Gasteiger partial charge on any atom is -0.462 e. The highest BCUT2D eigenvalue weighted by molar-refractivity contribution is 6.00. The first-order valence-electron chi connectivity index (χ1n) is 19.9. The Morgan fingerprint density at radius 1 is 1.02 bits per heavy atom. The lowest BCUT2D eigenvalue weighted by Crippen LogP contribution is -2.63. The van der Waals surface area contributed by atoms with Crippen LogP contribution in [0.15, 0.2) is 35.7 Å². The zero-order chi connectivity index (χ0) is 38.4. The summed E-state index contributed by atoms with van der Waals surface area (Å²) in [5, 5.41) is 7.00. The number of hydrogen-bond donors (Lipinski definition) is 1. The Hall–Kier alpha value is -2.87. The van der Waals surface area contributed by atoms with E-state index in [0.717, 1.165) is 76.8 Å². The van der Waals surface area contributed by atoms with Gasteiger partial charge in [-0.25, -0.2) is 0 Å². The standard InChI is InChI=1S/C43H62N2O5.CH4O.CH4/c1-27(2)36-31(47)23-43(20-22-45(9)38(49)28-11-10-21-44-25-28)19-14-30-29(37(36)43)12-13-33-41(30,7)17-15-32-40(5,6)34(16-18-42(32,33)8)50-35(48)24-39(3,4)26-46;1-2;/h10-11,21,25-27,29-30,32-34H,12-20,22-24H2,1-9H3;2H,1H3;1H4. The number of carbonyl (C=O) groups excluding carboxylic acids is 4. The molecule has 1 aromatic rings. The number of ether oxygens (including phenoxy) is 1. The third-order valence-corrected chi connectivity index (χ3v) is 15.0. The van der Waals surface area contributed by atoms with E-state index in [2.05, 4.69) is 46.5 Å². The van der Waals surface area contributed by atoms with E-state index in [1.165, 1.54) is 5.57 Å². The van der Waals surface area contributed by atoms with E-state index >= 15 is 0 Å². The number of amides is 1. The van der Waals surface area contributed by atoms with Gasteiger partial charge in [-0.05, 0) is 116 Å². The van der Waals surface area contributed by atoms with Crippen molar-refractivity contribution in [1.29, 1.82) is 0 Å². The molecule has 0 radical (unpaired) electrons. The van der Waals surface area contributed by atoms with Crippen LogP contribution in [-0.4, -0.2) is 65.7 Å². The Labute approximate surface area is 320 Å². The molecule has 0 saturated heterocycles. The van der Waals surface area contributed by atoms with Crippen molar-refractivity contribution in [3.63, 3.8) is 0 Å². The molecular weight excluding hydrogens is 665 g/mol. The smallest absolute Gasteiger partial charge is 0.307 e. The summed E-state index contributed by atoms with van der Waals surface area (Å²) in [7, 11) is 2.88. The van der Waals surface area contributed by atoms with Gasteiger partial charge in [0.2, 0.25) is 0 Å². The molecular formula is C45H70N2O6. The summed E-state index contributed by atoms with van der Waals surface area (Å²) in [5.41, 5.74) is 2.48. The van der Waals surface area contributed by atoms with Crippen LogP contribution in [0.1, 0.15) is 144 Å². The molecule has 8 nitrogen and oxygen atoms in total. The van der Waals surface area contributed by atoms with Gasteiger partial charge in [0.15, 0.2) is 5.78 Å². The number of fused-ring (bicyclic) bond motifs is 7. The largest absolute Gasteiger partial charge is 0.462 e. The molecule has 4 saturated carbocycles. The molecule has 0 aromatic carbocycles. The number of nitrogens with zero attached hydrogens (tertiary/aromatic N) is 2. The number of hydrogen-bond acceptors (Lipinski definition) is 7. The van der Waals surface area contributed by atoms with Gasteiger partial charge in [-0.15, -0.1) is 0 Å². The molecule has 1 amide bonds. The van der Waals surface area contributed by atoms with E-state index in [9.17, 15) is 19.2 Å². The van der Waals surface area contributed by atoms with Crippen molar-refractivity contribution in [2.24, 2.45) is 56.7 Å². The van der Waals surface area contributed by atoms with Gasteiger partial charge in [0.1, 0.15) is 12.4 Å². The molecule has 0 bridgehead atoms. The van der Waals surface area contributed by atoms with Crippen molar-refractivity contribution in [3.05, 3.63) is 41.2 Å². The Morgan fingerprint density at radius 2 is 1.70 bits per heavy atom. The molecule has 8 heteroatoms. The van der Waals surface area contributed by atoms with E-state index in [1.807, 2.05) is 18.0 Å². The number of carbonyl (C=O) groups is 4. The van der Waals surface area contributed by atoms with Gasteiger partial charge < -0.3 is 19.5 Å². The van der Waals surface area contributed by atoms with Crippen LogP contribution < -0.4 is 0 Å². The third kappa shape index (κ3) is 7.44. The maximum absolute atomic E-state index is 13.9. The van der Waals surface area contributed by atoms with E-state index in [4.69, 9.17) is 9.84 Å². The number of aromatic nitrogens is 1. The molecule has 1 heterocycles. The summed E-state index contributed by atoms with van der Waals surface area (Å²) in [6, 6.07) is 3.62. The highest BCUT2D eigenvalue weighted by Crippen LogP contribution is 2.73. The average Bonchev–Trinajstić information content (AvgIpc) is 3.41. The highest BCUT2D eigenvalue weighted by atomic mass is 16.5. The van der Waals surface area contributed by atoms with E-state index < -0.39 is 5.41 Å². The first-order valence-corrected chi connectivity index (χ1v) is 19.9. The fraction of sp³-hybridized carbons (Fsp3) is 0.756. The number of pyridine rings is 1. The minimum absolute atomic E-state index is 0. The number of aliphatic hydroxyl groups is 1. The van der Waals surface area contributed by atoms with Crippen molar-refractivity contribution < 1.29 is 29.0 Å². The molecule has 53 heavy (non-hydrogen) atoms. The lowest BCUT2D eigenvalue weighted by molar-refractivity contribution is -0.213. The maximum atomic E-state index is 13.9. The lowest BCUT2D eigenvalue weighted by atomic mass is 9.36. The molecule has 8 unspecified atom stereocenters. The van der Waals surface area contributed by atoms with E-state index in [0.29, 0.717) is 48.0 Å². The molecule has 5 aliphatic rings. The van der Waals surface area contributed by atoms with Gasteiger partial charge in [0, 0.05) is 55.8 Å². The predicted molar refractivity (Wildman–Crippen MR) is 210 cm³/mol. The van der Waals surface area contributed by atoms with Crippen molar-refractivity contribution in [2.45, 2.75) is 140 Å². The number of allylic oxidation sites excluding steroid dienone is 2. The Bertz CT molecular complexity index is 1550. The van der Waals surface area contributed by atoms with Crippen LogP contribution in [0.5, 0.6) is 0 Å². The highest BCUT2D eigenvalue weighted by Gasteiger charge is 2.66. The topological polar surface area (TPSA) is 114 Å². The van der Waals surface area contributed by atoms with Crippen LogP contribution in [0.25, 0.3) is 0 Å².